The molecule has 8 heteroatoms. The van der Waals surface area contributed by atoms with E-state index in [4.69, 9.17) is 4.52 Å². The minimum atomic E-state index is -3.80. The maximum atomic E-state index is 13.0. The number of aryl methyl sites for hydroxylation is 1. The summed E-state index contributed by atoms with van der Waals surface area (Å²) in [4.78, 5) is 12.8. The van der Waals surface area contributed by atoms with E-state index in [9.17, 15) is 13.2 Å². The molecule has 25 heavy (non-hydrogen) atoms. The molecule has 0 radical (unpaired) electrons. The molecule has 1 unspecified atom stereocenters. The molecule has 2 aromatic carbocycles. The third kappa shape index (κ3) is 2.29. The van der Waals surface area contributed by atoms with Gasteiger partial charge in [-0.15, -0.1) is 0 Å². The van der Waals surface area contributed by atoms with Gasteiger partial charge in [-0.05, 0) is 31.4 Å². The number of nitrogens with one attached hydrogen (secondary N) is 1. The third-order valence-corrected chi connectivity index (χ3v) is 6.16. The number of benzene rings is 2. The maximum Gasteiger partial charge on any atom is 0.265 e. The molecule has 0 aliphatic carbocycles. The number of carbonyl (C=O) groups excluding carboxylic acids is 1. The highest BCUT2D eigenvalue weighted by Crippen LogP contribution is 2.43. The average Bonchev–Trinajstić information content (AvgIpc) is 3.08. The zero-order chi connectivity index (χ0) is 17.8. The van der Waals surface area contributed by atoms with Gasteiger partial charge in [0, 0.05) is 11.5 Å². The highest BCUT2D eigenvalue weighted by Gasteiger charge is 2.40. The molecule has 1 aromatic heterocycles. The van der Waals surface area contributed by atoms with Crippen LogP contribution >= 0.6 is 0 Å². The van der Waals surface area contributed by atoms with E-state index in [-0.39, 0.29) is 10.7 Å². The summed E-state index contributed by atoms with van der Waals surface area (Å²) in [7, 11) is -3.80. The van der Waals surface area contributed by atoms with E-state index < -0.39 is 22.0 Å². The first-order chi connectivity index (χ1) is 11.9. The van der Waals surface area contributed by atoms with E-state index in [1.165, 1.54) is 0 Å². The maximum absolute atomic E-state index is 13.0. The van der Waals surface area contributed by atoms with E-state index >= 15 is 0 Å². The number of sulfonamides is 1. The number of rotatable bonds is 3. The molecule has 1 atom stereocenters. The van der Waals surface area contributed by atoms with Gasteiger partial charge in [0.15, 0.2) is 5.82 Å². The van der Waals surface area contributed by atoms with Crippen molar-refractivity contribution in [1.82, 2.24) is 5.16 Å². The van der Waals surface area contributed by atoms with Crippen molar-refractivity contribution in [2.24, 2.45) is 0 Å². The molecular weight excluding hydrogens is 342 g/mol. The van der Waals surface area contributed by atoms with Crippen LogP contribution in [0.1, 0.15) is 12.7 Å². The first-order valence-corrected chi connectivity index (χ1v) is 9.14. The minimum Gasteiger partial charge on any atom is -0.360 e. The van der Waals surface area contributed by atoms with Gasteiger partial charge < -0.3 is 9.84 Å². The van der Waals surface area contributed by atoms with Crippen LogP contribution in [-0.2, 0) is 14.8 Å². The lowest BCUT2D eigenvalue weighted by atomic mass is 10.1. The van der Waals surface area contributed by atoms with Crippen molar-refractivity contribution in [3.05, 3.63) is 48.2 Å². The van der Waals surface area contributed by atoms with Crippen molar-refractivity contribution in [3.63, 3.8) is 0 Å². The normalized spacial score (nSPS) is 16.2. The van der Waals surface area contributed by atoms with Gasteiger partial charge in [0.05, 0.1) is 10.6 Å². The molecule has 1 aliphatic heterocycles. The van der Waals surface area contributed by atoms with Crippen LogP contribution in [0.25, 0.3) is 10.8 Å². The second-order valence-electron chi connectivity index (χ2n) is 5.92. The fourth-order valence-corrected chi connectivity index (χ4v) is 4.97. The second kappa shape index (κ2) is 5.32. The summed E-state index contributed by atoms with van der Waals surface area (Å²) in [6.07, 6.45) is 0. The van der Waals surface area contributed by atoms with Crippen molar-refractivity contribution in [3.8, 4) is 0 Å². The van der Waals surface area contributed by atoms with E-state index in [1.54, 1.807) is 44.2 Å². The monoisotopic (exact) mass is 357 g/mol. The van der Waals surface area contributed by atoms with Crippen LogP contribution < -0.4 is 9.62 Å². The Balaban J connectivity index is 1.75. The van der Waals surface area contributed by atoms with Gasteiger partial charge in [0.1, 0.15) is 11.8 Å². The van der Waals surface area contributed by atoms with Crippen molar-refractivity contribution < 1.29 is 17.7 Å². The van der Waals surface area contributed by atoms with E-state index in [0.29, 0.717) is 16.8 Å². The number of carbonyl (C=O) groups is 1. The topological polar surface area (TPSA) is 92.5 Å². The third-order valence-electron chi connectivity index (χ3n) is 4.23. The fraction of sp³-hybridized carbons (Fsp3) is 0.176. The molecule has 0 saturated heterocycles. The summed E-state index contributed by atoms with van der Waals surface area (Å²) in [5, 5.41) is 7.75. The zero-order valence-corrected chi connectivity index (χ0v) is 14.4. The Bertz CT molecular complexity index is 1100. The van der Waals surface area contributed by atoms with Gasteiger partial charge in [0.2, 0.25) is 5.91 Å². The summed E-state index contributed by atoms with van der Waals surface area (Å²) in [6, 6.07) is 11.1. The van der Waals surface area contributed by atoms with Gasteiger partial charge in [-0.1, -0.05) is 29.4 Å². The Labute approximate surface area is 144 Å². The number of nitrogens with zero attached hydrogens (tertiary/aromatic N) is 2. The lowest BCUT2D eigenvalue weighted by Crippen LogP contribution is -2.44. The summed E-state index contributed by atoms with van der Waals surface area (Å²) in [6.45, 7) is 3.25. The first kappa shape index (κ1) is 15.6. The summed E-state index contributed by atoms with van der Waals surface area (Å²) >= 11 is 0. The van der Waals surface area contributed by atoms with Crippen LogP contribution in [0.2, 0.25) is 0 Å². The van der Waals surface area contributed by atoms with Crippen LogP contribution in [0.4, 0.5) is 11.5 Å². The molecular formula is C17H15N3O4S. The number of aromatic nitrogens is 1. The highest BCUT2D eigenvalue weighted by atomic mass is 32.2. The Hall–Kier alpha value is -2.87. The second-order valence-corrected chi connectivity index (χ2v) is 7.70. The van der Waals surface area contributed by atoms with Gasteiger partial charge >= 0.3 is 0 Å². The molecule has 0 bridgehead atoms. The minimum absolute atomic E-state index is 0.220. The van der Waals surface area contributed by atoms with Crippen LogP contribution in [-0.4, -0.2) is 25.5 Å². The Kier molecular flexibility index (Phi) is 3.33. The van der Waals surface area contributed by atoms with Crippen LogP contribution in [0.15, 0.2) is 51.9 Å². The highest BCUT2D eigenvalue weighted by molar-refractivity contribution is 7.93. The number of amides is 1. The molecule has 128 valence electrons. The molecule has 1 amide bonds. The largest absolute Gasteiger partial charge is 0.360 e. The molecule has 7 nitrogen and oxygen atoms in total. The summed E-state index contributed by atoms with van der Waals surface area (Å²) in [5.41, 5.74) is 0.507. The zero-order valence-electron chi connectivity index (χ0n) is 13.6. The van der Waals surface area contributed by atoms with Gasteiger partial charge in [0.25, 0.3) is 10.0 Å². The summed E-state index contributed by atoms with van der Waals surface area (Å²) < 4.78 is 32.0. The van der Waals surface area contributed by atoms with Crippen LogP contribution in [0.5, 0.6) is 0 Å². The van der Waals surface area contributed by atoms with E-state index in [2.05, 4.69) is 10.5 Å². The molecule has 1 aliphatic rings. The smallest absolute Gasteiger partial charge is 0.265 e. The summed E-state index contributed by atoms with van der Waals surface area (Å²) in [5.74, 6) is 0.317. The van der Waals surface area contributed by atoms with Gasteiger partial charge in [-0.3, -0.25) is 9.10 Å². The first-order valence-electron chi connectivity index (χ1n) is 7.70. The molecule has 0 fully saturated rings. The van der Waals surface area contributed by atoms with Crippen molar-refractivity contribution >= 4 is 38.2 Å². The molecule has 1 N–H and O–H groups in total. The molecule has 3 aromatic rings. The lowest BCUT2D eigenvalue weighted by molar-refractivity contribution is -0.116. The fourth-order valence-electron chi connectivity index (χ4n) is 3.10. The average molecular weight is 357 g/mol. The van der Waals surface area contributed by atoms with Crippen molar-refractivity contribution in [2.45, 2.75) is 24.8 Å². The van der Waals surface area contributed by atoms with Crippen LogP contribution in [0, 0.1) is 6.92 Å². The Morgan fingerprint density at radius 2 is 1.96 bits per heavy atom. The number of hydrogen-bond acceptors (Lipinski definition) is 5. The predicted octanol–water partition coefficient (Wildman–Crippen LogP) is 2.67. The standard InChI is InChI=1S/C17H15N3O4S/c1-10-9-15(19-24-10)18-17(21)11(2)20-13-7-3-5-12-6-4-8-14(16(12)13)25(20,22)23/h3-9,11H,1-2H3,(H,18,19,21). The Morgan fingerprint density at radius 1 is 1.24 bits per heavy atom. The van der Waals surface area contributed by atoms with Gasteiger partial charge in [-0.25, -0.2) is 8.42 Å². The van der Waals surface area contributed by atoms with Crippen LogP contribution in [0.3, 0.4) is 0 Å². The molecule has 0 spiro atoms. The quantitative estimate of drug-likeness (QED) is 0.778. The number of anilines is 2. The predicted molar refractivity (Wildman–Crippen MR) is 92.9 cm³/mol. The van der Waals surface area contributed by atoms with Gasteiger partial charge in [-0.2, -0.15) is 0 Å². The van der Waals surface area contributed by atoms with E-state index in [0.717, 1.165) is 9.69 Å². The van der Waals surface area contributed by atoms with Crippen molar-refractivity contribution in [1.29, 1.82) is 0 Å². The van der Waals surface area contributed by atoms with Crippen molar-refractivity contribution in [2.75, 3.05) is 9.62 Å². The number of hydrogen-bond donors (Lipinski definition) is 1. The molecule has 0 saturated carbocycles. The molecule has 4 rings (SSSR count). The SMILES string of the molecule is Cc1cc(NC(=O)C(C)N2c3cccc4cccc(c34)S2(=O)=O)no1. The Morgan fingerprint density at radius 3 is 2.64 bits per heavy atom. The van der Waals surface area contributed by atoms with E-state index in [1.807, 2.05) is 12.1 Å². The lowest BCUT2D eigenvalue weighted by Gasteiger charge is -2.25. The molecule has 2 heterocycles.